The molecule has 1 heterocycles. The molecule has 0 bridgehead atoms. The van der Waals surface area contributed by atoms with Gasteiger partial charge in [0.1, 0.15) is 12.2 Å². The lowest BCUT2D eigenvalue weighted by Crippen LogP contribution is -2.68. The minimum atomic E-state index is -2.83. The monoisotopic (exact) mass is 624 g/mol. The SMILES string of the molecule is CCCCC(C)[C@@H](C=C[C@H]1C(OC(=O)c2ccccc2)C[C@@H]2OC(=O)C[C@@H]21)O[Si](c1ccccc1)(c1ccccc1)C(C)(C)C. The fraction of sp³-hybridized carbons (Fsp3) is 0.436. The van der Waals surface area contributed by atoms with E-state index in [1.165, 1.54) is 10.4 Å². The molecule has 45 heavy (non-hydrogen) atoms. The Hall–Kier alpha value is -3.48. The first-order valence-corrected chi connectivity index (χ1v) is 18.5. The third-order valence-electron chi connectivity index (χ3n) is 9.65. The van der Waals surface area contributed by atoms with E-state index in [1.807, 2.05) is 18.2 Å². The van der Waals surface area contributed by atoms with Crippen LogP contribution in [0.3, 0.4) is 0 Å². The molecule has 1 saturated heterocycles. The van der Waals surface area contributed by atoms with Crippen LogP contribution >= 0.6 is 0 Å². The second-order valence-electron chi connectivity index (χ2n) is 13.8. The van der Waals surface area contributed by atoms with Gasteiger partial charge in [0.25, 0.3) is 8.32 Å². The summed E-state index contributed by atoms with van der Waals surface area (Å²) in [6, 6.07) is 30.6. The zero-order valence-corrected chi connectivity index (χ0v) is 28.4. The number of rotatable bonds is 12. The van der Waals surface area contributed by atoms with E-state index in [4.69, 9.17) is 13.9 Å². The molecule has 238 valence electrons. The summed E-state index contributed by atoms with van der Waals surface area (Å²) in [6.07, 6.45) is 7.72. The van der Waals surface area contributed by atoms with Crippen molar-refractivity contribution in [3.05, 3.63) is 109 Å². The van der Waals surface area contributed by atoms with Crippen LogP contribution in [0.2, 0.25) is 5.04 Å². The molecule has 0 aromatic heterocycles. The number of carbonyl (C=O) groups excluding carboxylic acids is 2. The van der Waals surface area contributed by atoms with Crippen LogP contribution in [0.5, 0.6) is 0 Å². The maximum Gasteiger partial charge on any atom is 0.338 e. The number of esters is 2. The Morgan fingerprint density at radius 2 is 1.53 bits per heavy atom. The Morgan fingerprint density at radius 3 is 2.09 bits per heavy atom. The van der Waals surface area contributed by atoms with Gasteiger partial charge >= 0.3 is 11.9 Å². The maximum absolute atomic E-state index is 13.1. The lowest BCUT2D eigenvalue weighted by molar-refractivity contribution is -0.141. The Morgan fingerprint density at radius 1 is 0.956 bits per heavy atom. The molecule has 3 aromatic carbocycles. The summed E-state index contributed by atoms with van der Waals surface area (Å²) >= 11 is 0. The number of fused-ring (bicyclic) bond motifs is 1. The number of hydrogen-bond donors (Lipinski definition) is 0. The third-order valence-corrected chi connectivity index (χ3v) is 14.7. The fourth-order valence-corrected chi connectivity index (χ4v) is 12.0. The van der Waals surface area contributed by atoms with Crippen LogP contribution in [-0.4, -0.2) is 38.6 Å². The molecule has 6 heteroatoms. The number of hydrogen-bond acceptors (Lipinski definition) is 5. The highest BCUT2D eigenvalue weighted by molar-refractivity contribution is 6.99. The van der Waals surface area contributed by atoms with Crippen molar-refractivity contribution >= 4 is 30.6 Å². The van der Waals surface area contributed by atoms with Gasteiger partial charge in [-0.05, 0) is 39.9 Å². The van der Waals surface area contributed by atoms with Crippen LogP contribution < -0.4 is 10.4 Å². The largest absolute Gasteiger partial charge is 0.462 e. The first-order valence-electron chi connectivity index (χ1n) is 16.6. The molecule has 1 aliphatic heterocycles. The van der Waals surface area contributed by atoms with Gasteiger partial charge < -0.3 is 13.9 Å². The predicted molar refractivity (Wildman–Crippen MR) is 182 cm³/mol. The second kappa shape index (κ2) is 14.3. The van der Waals surface area contributed by atoms with Gasteiger partial charge in [-0.1, -0.05) is 138 Å². The van der Waals surface area contributed by atoms with Crippen molar-refractivity contribution in [2.24, 2.45) is 17.8 Å². The van der Waals surface area contributed by atoms with Gasteiger partial charge in [0.2, 0.25) is 0 Å². The van der Waals surface area contributed by atoms with Gasteiger partial charge in [-0.15, -0.1) is 0 Å². The van der Waals surface area contributed by atoms with Crippen molar-refractivity contribution in [3.63, 3.8) is 0 Å². The minimum absolute atomic E-state index is 0.0261. The first-order chi connectivity index (χ1) is 21.6. The normalized spacial score (nSPS) is 23.0. The third kappa shape index (κ3) is 7.18. The molecule has 5 nitrogen and oxygen atoms in total. The van der Waals surface area contributed by atoms with Crippen LogP contribution in [0.4, 0.5) is 0 Å². The lowest BCUT2D eigenvalue weighted by Gasteiger charge is -2.46. The minimum Gasteiger partial charge on any atom is -0.462 e. The van der Waals surface area contributed by atoms with Crippen molar-refractivity contribution in [2.75, 3.05) is 0 Å². The van der Waals surface area contributed by atoms with Crippen LogP contribution in [0.25, 0.3) is 0 Å². The van der Waals surface area contributed by atoms with Gasteiger partial charge in [0, 0.05) is 18.3 Å². The van der Waals surface area contributed by atoms with E-state index in [2.05, 4.69) is 107 Å². The Balaban J connectivity index is 1.53. The van der Waals surface area contributed by atoms with Gasteiger partial charge in [-0.2, -0.15) is 0 Å². The van der Waals surface area contributed by atoms with Gasteiger partial charge in [0.15, 0.2) is 0 Å². The van der Waals surface area contributed by atoms with Crippen LogP contribution in [0.1, 0.15) is 77.1 Å². The van der Waals surface area contributed by atoms with E-state index in [-0.39, 0.29) is 53.0 Å². The summed E-state index contributed by atoms with van der Waals surface area (Å²) in [4.78, 5) is 25.5. The molecule has 6 atom stereocenters. The maximum atomic E-state index is 13.1. The molecule has 0 amide bonds. The Labute approximate surface area is 270 Å². The average molecular weight is 625 g/mol. The van der Waals surface area contributed by atoms with Crippen molar-refractivity contribution in [1.82, 2.24) is 0 Å². The predicted octanol–water partition coefficient (Wildman–Crippen LogP) is 7.49. The Kier molecular flexibility index (Phi) is 10.5. The molecular weight excluding hydrogens is 577 g/mol. The zero-order chi connectivity index (χ0) is 32.0. The van der Waals surface area contributed by atoms with Gasteiger partial charge in [-0.25, -0.2) is 4.79 Å². The topological polar surface area (TPSA) is 61.8 Å². The molecule has 0 radical (unpaired) electrons. The molecular formula is C39H48O5Si. The summed E-state index contributed by atoms with van der Waals surface area (Å²) in [5, 5.41) is 2.33. The molecule has 1 aliphatic carbocycles. The highest BCUT2D eigenvalue weighted by atomic mass is 28.4. The van der Waals surface area contributed by atoms with Crippen molar-refractivity contribution in [3.8, 4) is 0 Å². The Bertz CT molecular complexity index is 1390. The van der Waals surface area contributed by atoms with E-state index < -0.39 is 8.32 Å². The summed E-state index contributed by atoms with van der Waals surface area (Å²) in [7, 11) is -2.83. The van der Waals surface area contributed by atoms with Crippen LogP contribution in [0.15, 0.2) is 103 Å². The summed E-state index contributed by atoms with van der Waals surface area (Å²) in [6.45, 7) is 11.4. The molecule has 2 unspecified atom stereocenters. The molecule has 5 rings (SSSR count). The van der Waals surface area contributed by atoms with E-state index in [9.17, 15) is 9.59 Å². The number of ether oxygens (including phenoxy) is 2. The van der Waals surface area contributed by atoms with Crippen molar-refractivity contribution in [1.29, 1.82) is 0 Å². The first kappa shape index (κ1) is 32.9. The number of unbranched alkanes of at least 4 members (excludes halogenated alkanes) is 1. The van der Waals surface area contributed by atoms with Crippen molar-refractivity contribution < 1.29 is 23.5 Å². The summed E-state index contributed by atoms with van der Waals surface area (Å²) in [5.41, 5.74) is 0.523. The summed E-state index contributed by atoms with van der Waals surface area (Å²) < 4.78 is 19.5. The fourth-order valence-electron chi connectivity index (χ4n) is 7.24. The van der Waals surface area contributed by atoms with E-state index in [0.717, 1.165) is 19.3 Å². The lowest BCUT2D eigenvalue weighted by atomic mass is 9.90. The summed E-state index contributed by atoms with van der Waals surface area (Å²) in [5.74, 6) is -0.430. The molecule has 2 aliphatic rings. The van der Waals surface area contributed by atoms with Crippen molar-refractivity contribution in [2.45, 2.75) is 90.1 Å². The van der Waals surface area contributed by atoms with E-state index >= 15 is 0 Å². The molecule has 0 N–H and O–H groups in total. The molecule has 3 aromatic rings. The van der Waals surface area contributed by atoms with E-state index in [0.29, 0.717) is 18.4 Å². The average Bonchev–Trinajstić information content (AvgIpc) is 3.55. The number of benzene rings is 3. The zero-order valence-electron chi connectivity index (χ0n) is 27.4. The van der Waals surface area contributed by atoms with Gasteiger partial charge in [0.05, 0.1) is 18.1 Å². The van der Waals surface area contributed by atoms with E-state index in [1.54, 1.807) is 12.1 Å². The molecule has 1 saturated carbocycles. The molecule has 2 fully saturated rings. The standard InChI is InChI=1S/C39H48O5Si/c1-6-7-17-28(2)34(44-45(39(3,4)5,30-20-13-9-14-21-30)31-22-15-10-16-23-31)25-24-32-33-26-37(40)42-36(33)27-35(32)43-38(41)29-18-11-8-12-19-29/h8-16,18-25,28,32-36H,6-7,17,26-27H2,1-5H3/t28?,32-,33-,34-,35?,36+/m1/s1. The number of carbonyl (C=O) groups is 2. The second-order valence-corrected chi connectivity index (χ2v) is 18.0. The van der Waals surface area contributed by atoms with Crippen LogP contribution in [-0.2, 0) is 18.7 Å². The van der Waals surface area contributed by atoms with Gasteiger partial charge in [-0.3, -0.25) is 4.79 Å². The van der Waals surface area contributed by atoms with Crippen LogP contribution in [0, 0.1) is 17.8 Å². The molecule has 0 spiro atoms. The highest BCUT2D eigenvalue weighted by Crippen LogP contribution is 2.44. The highest BCUT2D eigenvalue weighted by Gasteiger charge is 2.53. The smallest absolute Gasteiger partial charge is 0.338 e. The quantitative estimate of drug-likeness (QED) is 0.119.